The molecule has 5 N–H and O–H groups in total. The standard InChI is InChI=1S/C27H34N6O4S/c1-16(2)14-15-30-26(35)23(17-6-8-18(9-7-17)32(3)4)33(19-10-12-20(37-5)13-11-19)27(36)24-21(28)22(25(29)34)31-38-24/h6-13,16,23H,14-15,28H2,1-5H3,(H2,29,34)(H,30,35). The number of nitrogens with zero attached hydrogens (tertiary/aromatic N) is 3. The van der Waals surface area contributed by atoms with E-state index in [2.05, 4.69) is 23.5 Å². The number of primary amides is 1. The minimum Gasteiger partial charge on any atom is -0.497 e. The second kappa shape index (κ2) is 12.4. The van der Waals surface area contributed by atoms with E-state index in [1.54, 1.807) is 31.4 Å². The Morgan fingerprint density at radius 1 is 1.03 bits per heavy atom. The quantitative estimate of drug-likeness (QED) is 0.339. The molecule has 202 valence electrons. The molecular formula is C27H34N6O4S. The van der Waals surface area contributed by atoms with Crippen LogP contribution < -0.4 is 31.3 Å². The maximum atomic E-state index is 14.1. The Labute approximate surface area is 226 Å². The molecule has 3 rings (SSSR count). The number of benzene rings is 2. The van der Waals surface area contributed by atoms with E-state index in [0.29, 0.717) is 29.5 Å². The fourth-order valence-corrected chi connectivity index (χ4v) is 4.56. The summed E-state index contributed by atoms with van der Waals surface area (Å²) in [5, 5.41) is 2.98. The van der Waals surface area contributed by atoms with Gasteiger partial charge in [-0.3, -0.25) is 19.3 Å². The molecule has 2 aromatic carbocycles. The highest BCUT2D eigenvalue weighted by Crippen LogP contribution is 2.34. The van der Waals surface area contributed by atoms with Gasteiger partial charge in [0.05, 0.1) is 12.8 Å². The van der Waals surface area contributed by atoms with Crippen molar-refractivity contribution in [2.45, 2.75) is 26.3 Å². The highest BCUT2D eigenvalue weighted by atomic mass is 32.1. The lowest BCUT2D eigenvalue weighted by atomic mass is 10.0. The van der Waals surface area contributed by atoms with Gasteiger partial charge in [-0.05, 0) is 65.8 Å². The molecule has 0 saturated heterocycles. The summed E-state index contributed by atoms with van der Waals surface area (Å²) in [5.41, 5.74) is 13.2. The van der Waals surface area contributed by atoms with Crippen LogP contribution in [0.2, 0.25) is 0 Å². The summed E-state index contributed by atoms with van der Waals surface area (Å²) >= 11 is 0.766. The van der Waals surface area contributed by atoms with Crippen LogP contribution in [0.1, 0.15) is 52.0 Å². The molecule has 0 bridgehead atoms. The Balaban J connectivity index is 2.17. The number of carbonyl (C=O) groups excluding carboxylic acids is 3. The molecule has 11 heteroatoms. The second-order valence-electron chi connectivity index (χ2n) is 9.37. The summed E-state index contributed by atoms with van der Waals surface area (Å²) in [7, 11) is 5.38. The zero-order chi connectivity index (χ0) is 28.0. The largest absolute Gasteiger partial charge is 0.497 e. The summed E-state index contributed by atoms with van der Waals surface area (Å²) in [4.78, 5) is 42.9. The van der Waals surface area contributed by atoms with E-state index in [4.69, 9.17) is 16.2 Å². The minimum absolute atomic E-state index is 0.0134. The molecule has 0 fully saturated rings. The first-order valence-corrected chi connectivity index (χ1v) is 12.9. The predicted octanol–water partition coefficient (Wildman–Crippen LogP) is 3.45. The Kier molecular flexibility index (Phi) is 9.30. The van der Waals surface area contributed by atoms with E-state index in [9.17, 15) is 14.4 Å². The van der Waals surface area contributed by atoms with Gasteiger partial charge in [0.2, 0.25) is 5.91 Å². The molecule has 1 heterocycles. The highest BCUT2D eigenvalue weighted by Gasteiger charge is 2.36. The van der Waals surface area contributed by atoms with Crippen molar-refractivity contribution in [3.63, 3.8) is 0 Å². The molecule has 0 radical (unpaired) electrons. The Hall–Kier alpha value is -4.12. The lowest BCUT2D eigenvalue weighted by Gasteiger charge is -2.31. The van der Waals surface area contributed by atoms with Crippen molar-refractivity contribution in [3.8, 4) is 5.75 Å². The fraction of sp³-hybridized carbons (Fsp3) is 0.333. The molecule has 3 aromatic rings. The third-order valence-corrected chi connectivity index (χ3v) is 6.83. The number of carbonyl (C=O) groups is 3. The van der Waals surface area contributed by atoms with Crippen molar-refractivity contribution in [2.75, 3.05) is 43.3 Å². The number of aromatic nitrogens is 1. The third-order valence-electron chi connectivity index (χ3n) is 5.98. The van der Waals surface area contributed by atoms with E-state index in [1.165, 1.54) is 4.90 Å². The number of ether oxygens (including phenoxy) is 1. The van der Waals surface area contributed by atoms with Gasteiger partial charge in [0, 0.05) is 32.0 Å². The smallest absolute Gasteiger partial charge is 0.273 e. The van der Waals surface area contributed by atoms with Crippen LogP contribution in [-0.2, 0) is 4.79 Å². The van der Waals surface area contributed by atoms with Gasteiger partial charge in [0.25, 0.3) is 11.8 Å². The molecule has 3 amide bonds. The van der Waals surface area contributed by atoms with Gasteiger partial charge in [-0.2, -0.15) is 4.37 Å². The number of nitrogens with two attached hydrogens (primary N) is 2. The van der Waals surface area contributed by atoms with Crippen LogP contribution in [0.4, 0.5) is 17.1 Å². The van der Waals surface area contributed by atoms with Gasteiger partial charge in [0.1, 0.15) is 16.7 Å². The van der Waals surface area contributed by atoms with Crippen LogP contribution in [0, 0.1) is 5.92 Å². The molecule has 0 spiro atoms. The number of hydrogen-bond donors (Lipinski definition) is 3. The summed E-state index contributed by atoms with van der Waals surface area (Å²) < 4.78 is 9.27. The van der Waals surface area contributed by atoms with E-state index in [-0.39, 0.29) is 22.2 Å². The van der Waals surface area contributed by atoms with E-state index in [0.717, 1.165) is 23.6 Å². The fourth-order valence-electron chi connectivity index (χ4n) is 3.82. The van der Waals surface area contributed by atoms with E-state index in [1.807, 2.05) is 43.3 Å². The Bertz CT molecular complexity index is 1270. The Morgan fingerprint density at radius 3 is 2.13 bits per heavy atom. The molecule has 10 nitrogen and oxygen atoms in total. The molecule has 0 aliphatic carbocycles. The van der Waals surface area contributed by atoms with Crippen LogP contribution >= 0.6 is 11.5 Å². The lowest BCUT2D eigenvalue weighted by molar-refractivity contribution is -0.122. The number of hydrogen-bond acceptors (Lipinski definition) is 8. The number of methoxy groups -OCH3 is 1. The first kappa shape index (κ1) is 28.5. The molecule has 0 aliphatic heterocycles. The van der Waals surface area contributed by atoms with Crippen molar-refractivity contribution < 1.29 is 19.1 Å². The van der Waals surface area contributed by atoms with Crippen molar-refractivity contribution >= 4 is 46.3 Å². The SMILES string of the molecule is COc1ccc(N(C(=O)c2snc(C(N)=O)c2N)C(C(=O)NCCC(C)C)c2ccc(N(C)C)cc2)cc1. The number of rotatable bonds is 11. The van der Waals surface area contributed by atoms with Gasteiger partial charge in [-0.25, -0.2) is 0 Å². The molecular weight excluding hydrogens is 504 g/mol. The predicted molar refractivity (Wildman–Crippen MR) is 151 cm³/mol. The third kappa shape index (κ3) is 6.41. The Morgan fingerprint density at radius 2 is 1.63 bits per heavy atom. The lowest BCUT2D eigenvalue weighted by Crippen LogP contribution is -2.44. The van der Waals surface area contributed by atoms with Crippen LogP contribution in [0.15, 0.2) is 48.5 Å². The van der Waals surface area contributed by atoms with Gasteiger partial charge < -0.3 is 26.4 Å². The van der Waals surface area contributed by atoms with Gasteiger partial charge >= 0.3 is 0 Å². The summed E-state index contributed by atoms with van der Waals surface area (Å²) in [5.74, 6) is -0.806. The van der Waals surface area contributed by atoms with Crippen LogP contribution in [0.5, 0.6) is 5.75 Å². The number of nitrogens with one attached hydrogen (secondary N) is 1. The van der Waals surface area contributed by atoms with Gasteiger partial charge in [-0.15, -0.1) is 0 Å². The highest BCUT2D eigenvalue weighted by molar-refractivity contribution is 7.09. The molecule has 1 aromatic heterocycles. The normalized spacial score (nSPS) is 11.6. The average Bonchev–Trinajstić information content (AvgIpc) is 3.28. The average molecular weight is 539 g/mol. The first-order valence-electron chi connectivity index (χ1n) is 12.1. The van der Waals surface area contributed by atoms with Gasteiger partial charge in [0.15, 0.2) is 5.69 Å². The molecule has 1 atom stereocenters. The zero-order valence-electron chi connectivity index (χ0n) is 22.2. The molecule has 0 saturated carbocycles. The van der Waals surface area contributed by atoms with Crippen LogP contribution in [0.25, 0.3) is 0 Å². The number of nitrogen functional groups attached to an aromatic ring is 1. The summed E-state index contributed by atoms with van der Waals surface area (Å²) in [6.45, 7) is 4.58. The van der Waals surface area contributed by atoms with Gasteiger partial charge in [-0.1, -0.05) is 26.0 Å². The maximum absolute atomic E-state index is 14.1. The van der Waals surface area contributed by atoms with Crippen molar-refractivity contribution in [1.82, 2.24) is 9.69 Å². The molecule has 38 heavy (non-hydrogen) atoms. The van der Waals surface area contributed by atoms with E-state index < -0.39 is 17.9 Å². The number of amides is 3. The monoisotopic (exact) mass is 538 g/mol. The van der Waals surface area contributed by atoms with Crippen LogP contribution in [-0.4, -0.2) is 49.8 Å². The topological polar surface area (TPSA) is 144 Å². The minimum atomic E-state index is -1.04. The summed E-state index contributed by atoms with van der Waals surface area (Å²) in [6, 6.07) is 13.1. The maximum Gasteiger partial charge on any atom is 0.273 e. The van der Waals surface area contributed by atoms with Crippen molar-refractivity contribution in [3.05, 3.63) is 64.7 Å². The first-order chi connectivity index (χ1) is 18.0. The summed E-state index contributed by atoms with van der Waals surface area (Å²) in [6.07, 6.45) is 0.776. The zero-order valence-corrected chi connectivity index (χ0v) is 23.0. The number of anilines is 3. The molecule has 0 aliphatic rings. The van der Waals surface area contributed by atoms with E-state index >= 15 is 0 Å². The second-order valence-corrected chi connectivity index (χ2v) is 10.1. The molecule has 1 unspecified atom stereocenters. The van der Waals surface area contributed by atoms with Crippen molar-refractivity contribution in [1.29, 1.82) is 0 Å². The van der Waals surface area contributed by atoms with Crippen LogP contribution in [0.3, 0.4) is 0 Å². The van der Waals surface area contributed by atoms with Crippen molar-refractivity contribution in [2.24, 2.45) is 11.7 Å².